The van der Waals surface area contributed by atoms with Crippen LogP contribution >= 0.6 is 0 Å². The minimum atomic E-state index is -0.0331. The van der Waals surface area contributed by atoms with Crippen molar-refractivity contribution < 1.29 is 9.59 Å². The van der Waals surface area contributed by atoms with E-state index in [1.165, 1.54) is 5.69 Å². The zero-order valence-electron chi connectivity index (χ0n) is 20.5. The highest BCUT2D eigenvalue weighted by molar-refractivity contribution is 5.99. The lowest BCUT2D eigenvalue weighted by atomic mass is 10.0. The summed E-state index contributed by atoms with van der Waals surface area (Å²) < 4.78 is 1.94. The second kappa shape index (κ2) is 9.18. The molecule has 0 radical (unpaired) electrons. The van der Waals surface area contributed by atoms with Crippen LogP contribution in [0.2, 0.25) is 0 Å². The summed E-state index contributed by atoms with van der Waals surface area (Å²) in [5.74, 6) is -0.0444. The third-order valence-electron chi connectivity index (χ3n) is 7.41. The van der Waals surface area contributed by atoms with E-state index >= 15 is 0 Å². The van der Waals surface area contributed by atoms with Gasteiger partial charge in [0, 0.05) is 85.3 Å². The number of benzene rings is 2. The summed E-state index contributed by atoms with van der Waals surface area (Å²) in [5, 5.41) is 5.75. The van der Waals surface area contributed by atoms with E-state index in [0.29, 0.717) is 50.4 Å². The molecule has 0 spiro atoms. The van der Waals surface area contributed by atoms with Gasteiger partial charge < -0.3 is 19.7 Å². The van der Waals surface area contributed by atoms with Gasteiger partial charge in [-0.3, -0.25) is 14.3 Å². The molecule has 2 aliphatic heterocycles. The average Bonchev–Trinajstić information content (AvgIpc) is 3.56. The molecule has 0 aliphatic carbocycles. The Bertz CT molecular complexity index is 1410. The fourth-order valence-electron chi connectivity index (χ4n) is 5.42. The number of carbonyl (C=O) groups excluding carboxylic acids is 2. The van der Waals surface area contributed by atoms with Crippen molar-refractivity contribution in [3.05, 3.63) is 83.3 Å². The monoisotopic (exact) mass is 482 g/mol. The Hall–Kier alpha value is -4.07. The summed E-state index contributed by atoms with van der Waals surface area (Å²) in [4.78, 5) is 36.3. The first-order chi connectivity index (χ1) is 17.6. The molecule has 2 aromatic carbocycles. The van der Waals surface area contributed by atoms with Crippen LogP contribution in [0.3, 0.4) is 0 Å². The predicted octanol–water partition coefficient (Wildman–Crippen LogP) is 3.55. The van der Waals surface area contributed by atoms with Crippen LogP contribution in [-0.4, -0.2) is 69.1 Å². The maximum atomic E-state index is 13.6. The van der Waals surface area contributed by atoms with Crippen LogP contribution < -0.4 is 4.90 Å². The number of amides is 2. The van der Waals surface area contributed by atoms with Gasteiger partial charge in [0.25, 0.3) is 11.8 Å². The summed E-state index contributed by atoms with van der Waals surface area (Å²) in [6, 6.07) is 18.0. The number of aromatic nitrogens is 3. The van der Waals surface area contributed by atoms with E-state index in [0.717, 1.165) is 35.2 Å². The normalized spacial score (nSPS) is 15.9. The van der Waals surface area contributed by atoms with E-state index in [9.17, 15) is 9.59 Å². The van der Waals surface area contributed by atoms with Gasteiger partial charge in [-0.25, -0.2) is 0 Å². The molecule has 0 saturated carbocycles. The van der Waals surface area contributed by atoms with Crippen LogP contribution in [0.1, 0.15) is 39.0 Å². The van der Waals surface area contributed by atoms with Crippen molar-refractivity contribution >= 4 is 28.4 Å². The smallest absolute Gasteiger partial charge is 0.274 e. The van der Waals surface area contributed by atoms with Crippen LogP contribution in [-0.2, 0) is 19.5 Å². The Morgan fingerprint density at radius 3 is 2.50 bits per heavy atom. The number of aromatic amines is 1. The number of rotatable bonds is 4. The van der Waals surface area contributed by atoms with Crippen molar-refractivity contribution in [2.45, 2.75) is 26.4 Å². The molecule has 2 aromatic heterocycles. The second-order valence-corrected chi connectivity index (χ2v) is 9.46. The number of para-hydroxylation sites is 1. The van der Waals surface area contributed by atoms with Gasteiger partial charge in [0.05, 0.1) is 6.54 Å². The number of anilines is 1. The van der Waals surface area contributed by atoms with Crippen LogP contribution in [0.4, 0.5) is 5.69 Å². The summed E-state index contributed by atoms with van der Waals surface area (Å²) in [6.45, 7) is 6.66. The molecule has 4 heterocycles. The van der Waals surface area contributed by atoms with Crippen LogP contribution in [0.25, 0.3) is 10.9 Å². The highest BCUT2D eigenvalue weighted by atomic mass is 16.2. The van der Waals surface area contributed by atoms with Gasteiger partial charge in [-0.05, 0) is 43.3 Å². The number of nitrogens with zero attached hydrogens (tertiary/aromatic N) is 5. The minimum Gasteiger partial charge on any atom is -0.368 e. The number of hydrogen-bond donors (Lipinski definition) is 1. The Kier molecular flexibility index (Phi) is 5.71. The molecule has 1 N–H and O–H groups in total. The summed E-state index contributed by atoms with van der Waals surface area (Å²) in [5.41, 5.74) is 5.33. The first-order valence-electron chi connectivity index (χ1n) is 12.7. The molecule has 1 saturated heterocycles. The maximum absolute atomic E-state index is 13.6. The molecule has 0 atom stereocenters. The van der Waals surface area contributed by atoms with Gasteiger partial charge in [0.2, 0.25) is 0 Å². The van der Waals surface area contributed by atoms with Crippen molar-refractivity contribution in [1.82, 2.24) is 24.6 Å². The summed E-state index contributed by atoms with van der Waals surface area (Å²) >= 11 is 0. The molecule has 8 heteroatoms. The molecule has 8 nitrogen and oxygen atoms in total. The molecular weight excluding hydrogens is 452 g/mol. The Balaban J connectivity index is 1.21. The van der Waals surface area contributed by atoms with Gasteiger partial charge in [-0.2, -0.15) is 5.10 Å². The second-order valence-electron chi connectivity index (χ2n) is 9.46. The largest absolute Gasteiger partial charge is 0.368 e. The topological polar surface area (TPSA) is 77.5 Å². The Morgan fingerprint density at radius 2 is 1.72 bits per heavy atom. The van der Waals surface area contributed by atoms with Gasteiger partial charge in [-0.15, -0.1) is 0 Å². The fraction of sp³-hybridized carbons (Fsp3) is 0.321. The van der Waals surface area contributed by atoms with Gasteiger partial charge in [0.15, 0.2) is 5.69 Å². The van der Waals surface area contributed by atoms with E-state index in [1.54, 1.807) is 0 Å². The molecule has 184 valence electrons. The SMILES string of the molecule is CCn1nc(C(=O)N2CCN(c3ccccc3)CC2)c2c1CCN(C(=O)c1ccc3[nH]ccc3c1)C2. The zero-order valence-corrected chi connectivity index (χ0v) is 20.5. The number of H-pyrrole nitrogens is 1. The van der Waals surface area contributed by atoms with Crippen molar-refractivity contribution in [3.8, 4) is 0 Å². The van der Waals surface area contributed by atoms with Crippen LogP contribution in [0.15, 0.2) is 60.8 Å². The maximum Gasteiger partial charge on any atom is 0.274 e. The molecular formula is C28H30N6O2. The van der Waals surface area contributed by atoms with Gasteiger partial charge >= 0.3 is 0 Å². The number of fused-ring (bicyclic) bond motifs is 2. The van der Waals surface area contributed by atoms with Crippen LogP contribution in [0.5, 0.6) is 0 Å². The zero-order chi connectivity index (χ0) is 24.6. The molecule has 6 rings (SSSR count). The number of aryl methyl sites for hydroxylation is 1. The average molecular weight is 483 g/mol. The molecule has 2 amide bonds. The Labute approximate surface area is 210 Å². The lowest BCUT2D eigenvalue weighted by molar-refractivity contribution is 0.0709. The number of carbonyl (C=O) groups is 2. The van der Waals surface area contributed by atoms with Crippen molar-refractivity contribution in [2.75, 3.05) is 37.6 Å². The van der Waals surface area contributed by atoms with Gasteiger partial charge in [0.1, 0.15) is 0 Å². The third-order valence-corrected chi connectivity index (χ3v) is 7.41. The molecule has 2 aliphatic rings. The number of hydrogen-bond acceptors (Lipinski definition) is 4. The molecule has 4 aromatic rings. The standard InChI is InChI=1S/C28H30N6O2/c1-2-34-25-11-13-33(27(35)21-8-9-24-20(18-21)10-12-29-24)19-23(25)26(30-34)28(36)32-16-14-31(15-17-32)22-6-4-3-5-7-22/h3-10,12,18,29H,2,11,13-17,19H2,1H3. The van der Waals surface area contributed by atoms with E-state index in [-0.39, 0.29) is 11.8 Å². The van der Waals surface area contributed by atoms with Crippen molar-refractivity contribution in [2.24, 2.45) is 0 Å². The van der Waals surface area contributed by atoms with Crippen molar-refractivity contribution in [1.29, 1.82) is 0 Å². The first kappa shape index (κ1) is 22.4. The number of nitrogens with one attached hydrogen (secondary N) is 1. The molecule has 1 fully saturated rings. The van der Waals surface area contributed by atoms with Gasteiger partial charge in [-0.1, -0.05) is 18.2 Å². The van der Waals surface area contributed by atoms with E-state index in [4.69, 9.17) is 5.10 Å². The van der Waals surface area contributed by atoms with E-state index in [2.05, 4.69) is 22.0 Å². The quantitative estimate of drug-likeness (QED) is 0.483. The first-order valence-corrected chi connectivity index (χ1v) is 12.7. The number of piperazine rings is 1. The Morgan fingerprint density at radius 1 is 0.917 bits per heavy atom. The highest BCUT2D eigenvalue weighted by Gasteiger charge is 2.33. The molecule has 0 unspecified atom stereocenters. The third kappa shape index (κ3) is 3.92. The summed E-state index contributed by atoms with van der Waals surface area (Å²) in [6.07, 6.45) is 2.58. The fourth-order valence-corrected chi connectivity index (χ4v) is 5.42. The van der Waals surface area contributed by atoms with Crippen molar-refractivity contribution in [3.63, 3.8) is 0 Å². The predicted molar refractivity (Wildman–Crippen MR) is 139 cm³/mol. The lowest BCUT2D eigenvalue weighted by Gasteiger charge is -2.36. The molecule has 36 heavy (non-hydrogen) atoms. The highest BCUT2D eigenvalue weighted by Crippen LogP contribution is 2.27. The van der Waals surface area contributed by atoms with Crippen LogP contribution in [0, 0.1) is 0 Å². The van der Waals surface area contributed by atoms with E-state index < -0.39 is 0 Å². The minimum absolute atomic E-state index is 0.0112. The lowest BCUT2D eigenvalue weighted by Crippen LogP contribution is -2.49. The molecule has 0 bridgehead atoms. The summed E-state index contributed by atoms with van der Waals surface area (Å²) in [7, 11) is 0. The van der Waals surface area contributed by atoms with E-state index in [1.807, 2.05) is 70.1 Å².